The number of rotatable bonds is 5. The highest BCUT2D eigenvalue weighted by molar-refractivity contribution is 5.23. The molecule has 76 valence electrons. The molecule has 0 spiro atoms. The lowest BCUT2D eigenvalue weighted by Crippen LogP contribution is -1.96. The van der Waals surface area contributed by atoms with Crippen molar-refractivity contribution in [3.63, 3.8) is 0 Å². The van der Waals surface area contributed by atoms with Gasteiger partial charge in [-0.2, -0.15) is 0 Å². The van der Waals surface area contributed by atoms with Crippen LogP contribution >= 0.6 is 0 Å². The van der Waals surface area contributed by atoms with Crippen molar-refractivity contribution in [2.75, 3.05) is 0 Å². The van der Waals surface area contributed by atoms with Gasteiger partial charge in [-0.1, -0.05) is 43.3 Å². The number of benzene rings is 1. The molecular formula is C13H19N. The van der Waals surface area contributed by atoms with Crippen LogP contribution in [0.2, 0.25) is 0 Å². The van der Waals surface area contributed by atoms with Gasteiger partial charge < -0.3 is 5.73 Å². The van der Waals surface area contributed by atoms with Gasteiger partial charge in [-0.15, -0.1) is 0 Å². The van der Waals surface area contributed by atoms with Gasteiger partial charge in [0.05, 0.1) is 0 Å². The standard InChI is InChI=1S/C13H19N/c1-3-11(2)4-5-12-6-8-13(10-14)9-7-12/h6-9H,2-5,10,14H2,1H3. The second-order valence-corrected chi connectivity index (χ2v) is 3.62. The summed E-state index contributed by atoms with van der Waals surface area (Å²) in [5.74, 6) is 0. The fraction of sp³-hybridized carbons (Fsp3) is 0.385. The summed E-state index contributed by atoms with van der Waals surface area (Å²) < 4.78 is 0. The highest BCUT2D eigenvalue weighted by Crippen LogP contribution is 2.11. The van der Waals surface area contributed by atoms with Crippen molar-refractivity contribution in [2.45, 2.75) is 32.7 Å². The van der Waals surface area contributed by atoms with Gasteiger partial charge in [0.2, 0.25) is 0 Å². The number of hydrogen-bond donors (Lipinski definition) is 1. The molecule has 1 aromatic carbocycles. The number of nitrogens with two attached hydrogens (primary N) is 1. The first kappa shape index (κ1) is 11.0. The van der Waals surface area contributed by atoms with Crippen LogP contribution in [-0.2, 0) is 13.0 Å². The Labute approximate surface area is 86.6 Å². The normalized spacial score (nSPS) is 10.1. The van der Waals surface area contributed by atoms with Crippen LogP contribution in [0.3, 0.4) is 0 Å². The van der Waals surface area contributed by atoms with Crippen molar-refractivity contribution >= 4 is 0 Å². The average molecular weight is 189 g/mol. The summed E-state index contributed by atoms with van der Waals surface area (Å²) in [4.78, 5) is 0. The van der Waals surface area contributed by atoms with E-state index in [9.17, 15) is 0 Å². The molecule has 0 unspecified atom stereocenters. The van der Waals surface area contributed by atoms with Crippen molar-refractivity contribution in [3.8, 4) is 0 Å². The molecule has 0 radical (unpaired) electrons. The monoisotopic (exact) mass is 189 g/mol. The molecule has 0 heterocycles. The van der Waals surface area contributed by atoms with Gasteiger partial charge in [-0.3, -0.25) is 0 Å². The lowest BCUT2D eigenvalue weighted by atomic mass is 10.0. The Bertz CT molecular complexity index is 285. The van der Waals surface area contributed by atoms with Crippen LogP contribution in [0, 0.1) is 0 Å². The molecule has 0 saturated carbocycles. The third-order valence-electron chi connectivity index (χ3n) is 2.53. The van der Waals surface area contributed by atoms with E-state index in [1.54, 1.807) is 0 Å². The van der Waals surface area contributed by atoms with Gasteiger partial charge in [0, 0.05) is 6.54 Å². The first-order valence-electron chi connectivity index (χ1n) is 5.20. The predicted octanol–water partition coefficient (Wildman–Crippen LogP) is 3.04. The quantitative estimate of drug-likeness (QED) is 0.708. The Morgan fingerprint density at radius 2 is 1.79 bits per heavy atom. The zero-order valence-electron chi connectivity index (χ0n) is 8.92. The Morgan fingerprint density at radius 3 is 2.29 bits per heavy atom. The summed E-state index contributed by atoms with van der Waals surface area (Å²) >= 11 is 0. The Balaban J connectivity index is 2.47. The smallest absolute Gasteiger partial charge is 0.0178 e. The van der Waals surface area contributed by atoms with Crippen LogP contribution in [0.1, 0.15) is 30.9 Å². The van der Waals surface area contributed by atoms with Crippen LogP contribution in [0.25, 0.3) is 0 Å². The van der Waals surface area contributed by atoms with Gasteiger partial charge in [0.25, 0.3) is 0 Å². The first-order chi connectivity index (χ1) is 6.76. The zero-order valence-corrected chi connectivity index (χ0v) is 8.92. The minimum absolute atomic E-state index is 0.627. The van der Waals surface area contributed by atoms with Crippen molar-refractivity contribution < 1.29 is 0 Å². The maximum Gasteiger partial charge on any atom is 0.0178 e. The molecule has 2 N–H and O–H groups in total. The molecule has 0 aromatic heterocycles. The number of hydrogen-bond acceptors (Lipinski definition) is 1. The van der Waals surface area contributed by atoms with Gasteiger partial charge >= 0.3 is 0 Å². The summed E-state index contributed by atoms with van der Waals surface area (Å²) in [7, 11) is 0. The molecule has 0 saturated heterocycles. The van der Waals surface area contributed by atoms with Gasteiger partial charge in [0.15, 0.2) is 0 Å². The van der Waals surface area contributed by atoms with E-state index in [4.69, 9.17) is 5.73 Å². The maximum atomic E-state index is 5.53. The minimum Gasteiger partial charge on any atom is -0.326 e. The Hall–Kier alpha value is -1.08. The molecule has 0 amide bonds. The zero-order chi connectivity index (χ0) is 10.4. The Kier molecular flexibility index (Phi) is 4.41. The second kappa shape index (κ2) is 5.61. The van der Waals surface area contributed by atoms with Crippen molar-refractivity contribution in [2.24, 2.45) is 5.73 Å². The molecule has 0 atom stereocenters. The molecule has 14 heavy (non-hydrogen) atoms. The number of aryl methyl sites for hydroxylation is 1. The fourth-order valence-electron chi connectivity index (χ4n) is 1.34. The van der Waals surface area contributed by atoms with Crippen molar-refractivity contribution in [1.29, 1.82) is 0 Å². The van der Waals surface area contributed by atoms with Crippen molar-refractivity contribution in [1.82, 2.24) is 0 Å². The maximum absolute atomic E-state index is 5.53. The highest BCUT2D eigenvalue weighted by Gasteiger charge is 1.95. The van der Waals surface area contributed by atoms with Crippen LogP contribution in [0.4, 0.5) is 0 Å². The van der Waals surface area contributed by atoms with E-state index in [1.807, 2.05) is 0 Å². The van der Waals surface area contributed by atoms with Crippen LogP contribution < -0.4 is 5.73 Å². The molecule has 0 aliphatic heterocycles. The largest absolute Gasteiger partial charge is 0.326 e. The van der Waals surface area contributed by atoms with Crippen LogP contribution in [-0.4, -0.2) is 0 Å². The predicted molar refractivity (Wildman–Crippen MR) is 62.1 cm³/mol. The molecule has 1 rings (SSSR count). The summed E-state index contributed by atoms with van der Waals surface area (Å²) in [6, 6.07) is 8.52. The van der Waals surface area contributed by atoms with E-state index in [1.165, 1.54) is 16.7 Å². The van der Waals surface area contributed by atoms with Crippen molar-refractivity contribution in [3.05, 3.63) is 47.5 Å². The molecule has 0 aliphatic rings. The first-order valence-corrected chi connectivity index (χ1v) is 5.20. The molecule has 1 nitrogen and oxygen atoms in total. The average Bonchev–Trinajstić information content (AvgIpc) is 2.26. The summed E-state index contributed by atoms with van der Waals surface area (Å²) in [5, 5.41) is 0. The number of allylic oxidation sites excluding steroid dienone is 1. The third-order valence-corrected chi connectivity index (χ3v) is 2.53. The van der Waals surface area contributed by atoms with E-state index in [0.29, 0.717) is 6.54 Å². The summed E-state index contributed by atoms with van der Waals surface area (Å²) in [6.45, 7) is 6.78. The van der Waals surface area contributed by atoms with Gasteiger partial charge in [-0.25, -0.2) is 0 Å². The van der Waals surface area contributed by atoms with E-state index in [-0.39, 0.29) is 0 Å². The van der Waals surface area contributed by atoms with Gasteiger partial charge in [-0.05, 0) is 30.4 Å². The van der Waals surface area contributed by atoms with Gasteiger partial charge in [0.1, 0.15) is 0 Å². The molecular weight excluding hydrogens is 170 g/mol. The van der Waals surface area contributed by atoms with Crippen LogP contribution in [0.15, 0.2) is 36.4 Å². The molecule has 0 bridgehead atoms. The third kappa shape index (κ3) is 3.35. The summed E-state index contributed by atoms with van der Waals surface area (Å²) in [5.41, 5.74) is 9.43. The SMILES string of the molecule is C=C(CC)CCc1ccc(CN)cc1. The lowest BCUT2D eigenvalue weighted by molar-refractivity contribution is 0.889. The molecule has 0 fully saturated rings. The minimum atomic E-state index is 0.627. The fourth-order valence-corrected chi connectivity index (χ4v) is 1.34. The van der Waals surface area contributed by atoms with E-state index in [2.05, 4.69) is 37.8 Å². The molecule has 1 aromatic rings. The summed E-state index contributed by atoms with van der Waals surface area (Å²) in [6.07, 6.45) is 3.27. The van der Waals surface area contributed by atoms with E-state index in [0.717, 1.165) is 19.3 Å². The van der Waals surface area contributed by atoms with E-state index < -0.39 is 0 Å². The van der Waals surface area contributed by atoms with E-state index >= 15 is 0 Å². The highest BCUT2D eigenvalue weighted by atomic mass is 14.5. The van der Waals surface area contributed by atoms with Crippen LogP contribution in [0.5, 0.6) is 0 Å². The lowest BCUT2D eigenvalue weighted by Gasteiger charge is -2.03. The second-order valence-electron chi connectivity index (χ2n) is 3.62. The Morgan fingerprint density at radius 1 is 1.21 bits per heavy atom. The topological polar surface area (TPSA) is 26.0 Å². The molecule has 1 heteroatoms. The molecule has 0 aliphatic carbocycles.